The Bertz CT molecular complexity index is 912. The van der Waals surface area contributed by atoms with Gasteiger partial charge in [-0.3, -0.25) is 19.3 Å². The van der Waals surface area contributed by atoms with Crippen LogP contribution in [0, 0.1) is 0 Å². The molecular weight excluding hydrogens is 366 g/mol. The van der Waals surface area contributed by atoms with E-state index in [2.05, 4.69) is 5.32 Å². The molecule has 1 atom stereocenters. The summed E-state index contributed by atoms with van der Waals surface area (Å²) < 4.78 is 30.1. The third-order valence-corrected chi connectivity index (χ3v) is 5.75. The lowest BCUT2D eigenvalue weighted by Crippen LogP contribution is -2.43. The summed E-state index contributed by atoms with van der Waals surface area (Å²) in [4.78, 5) is 48.5. The molecule has 26 heavy (non-hydrogen) atoms. The molecule has 0 radical (unpaired) electrons. The molecule has 1 aromatic rings. The molecule has 11 heteroatoms. The van der Waals surface area contributed by atoms with E-state index in [4.69, 9.17) is 4.74 Å². The van der Waals surface area contributed by atoms with Gasteiger partial charge in [0.15, 0.2) is 6.10 Å². The number of ether oxygens (including phenoxy) is 1. The van der Waals surface area contributed by atoms with Crippen molar-refractivity contribution < 1.29 is 32.3 Å². The maximum Gasteiger partial charge on any atom is 0.327 e. The van der Waals surface area contributed by atoms with Crippen molar-refractivity contribution in [3.05, 3.63) is 29.8 Å². The van der Waals surface area contributed by atoms with Crippen LogP contribution < -0.4 is 5.32 Å². The second-order valence-corrected chi connectivity index (χ2v) is 7.50. The van der Waals surface area contributed by atoms with E-state index in [0.717, 1.165) is 4.90 Å². The van der Waals surface area contributed by atoms with E-state index >= 15 is 0 Å². The van der Waals surface area contributed by atoms with Gasteiger partial charge in [-0.05, 0) is 19.1 Å². The summed E-state index contributed by atoms with van der Waals surface area (Å²) >= 11 is 0. The maximum absolute atomic E-state index is 12.4. The third-order valence-electron chi connectivity index (χ3n) is 3.96. The molecule has 1 N–H and O–H groups in total. The van der Waals surface area contributed by atoms with E-state index in [-0.39, 0.29) is 17.0 Å². The van der Waals surface area contributed by atoms with Crippen LogP contribution >= 0.6 is 0 Å². The van der Waals surface area contributed by atoms with Crippen molar-refractivity contribution >= 4 is 33.8 Å². The highest BCUT2D eigenvalue weighted by Crippen LogP contribution is 2.29. The summed E-state index contributed by atoms with van der Waals surface area (Å²) in [6.45, 7) is 0.846. The van der Waals surface area contributed by atoms with Gasteiger partial charge in [-0.1, -0.05) is 12.1 Å². The van der Waals surface area contributed by atoms with Crippen LogP contribution in [0.5, 0.6) is 0 Å². The minimum Gasteiger partial charge on any atom is -0.451 e. The predicted molar refractivity (Wildman–Crippen MR) is 85.3 cm³/mol. The van der Waals surface area contributed by atoms with Gasteiger partial charge in [0.2, 0.25) is 0 Å². The van der Waals surface area contributed by atoms with E-state index in [1.54, 1.807) is 0 Å². The van der Waals surface area contributed by atoms with Gasteiger partial charge in [-0.25, -0.2) is 17.5 Å². The van der Waals surface area contributed by atoms with Crippen molar-refractivity contribution in [2.45, 2.75) is 17.9 Å². The molecule has 0 spiro atoms. The zero-order valence-electron chi connectivity index (χ0n) is 13.7. The summed E-state index contributed by atoms with van der Waals surface area (Å²) in [7, 11) is -4.15. The largest absolute Gasteiger partial charge is 0.451 e. The fourth-order valence-electron chi connectivity index (χ4n) is 2.69. The smallest absolute Gasteiger partial charge is 0.327 e. The number of nitrogens with one attached hydrogen (secondary N) is 1. The van der Waals surface area contributed by atoms with E-state index in [0.29, 0.717) is 10.8 Å². The number of imide groups is 1. The monoisotopic (exact) mass is 381 g/mol. The number of sulfonamides is 1. The fourth-order valence-corrected chi connectivity index (χ4v) is 4.20. The number of carbonyl (C=O) groups is 4. The number of amides is 4. The number of hydrogen-bond donors (Lipinski definition) is 1. The zero-order chi connectivity index (χ0) is 19.1. The summed E-state index contributed by atoms with van der Waals surface area (Å²) in [5.74, 6) is -2.64. The Morgan fingerprint density at radius 1 is 1.27 bits per heavy atom. The first-order valence-corrected chi connectivity index (χ1v) is 9.12. The standard InChI is InChI=1S/C15H15N3O7S/c1-9(13(20)17-7-6-16-15(17)22)25-12(19)8-18-14(21)10-4-2-3-5-11(10)26(18,23)24/h2-5,9H,6-8H2,1H3,(H,16,22). The number of fused-ring (bicyclic) bond motifs is 1. The number of esters is 1. The van der Waals surface area contributed by atoms with Crippen molar-refractivity contribution in [3.8, 4) is 0 Å². The molecule has 10 nitrogen and oxygen atoms in total. The molecule has 1 unspecified atom stereocenters. The molecule has 0 saturated carbocycles. The first-order chi connectivity index (χ1) is 12.2. The average molecular weight is 381 g/mol. The zero-order valence-corrected chi connectivity index (χ0v) is 14.5. The Hall–Kier alpha value is -2.95. The Labute approximate surface area is 148 Å². The van der Waals surface area contributed by atoms with E-state index < -0.39 is 46.5 Å². The molecule has 0 aliphatic carbocycles. The molecule has 2 aliphatic rings. The van der Waals surface area contributed by atoms with Crippen molar-refractivity contribution in [3.63, 3.8) is 0 Å². The molecule has 2 heterocycles. The van der Waals surface area contributed by atoms with Crippen molar-refractivity contribution in [1.82, 2.24) is 14.5 Å². The second-order valence-electron chi connectivity index (χ2n) is 5.67. The van der Waals surface area contributed by atoms with Crippen molar-refractivity contribution in [2.75, 3.05) is 19.6 Å². The van der Waals surface area contributed by atoms with Gasteiger partial charge in [0.1, 0.15) is 11.4 Å². The minimum atomic E-state index is -4.15. The van der Waals surface area contributed by atoms with Gasteiger partial charge >= 0.3 is 12.0 Å². The second kappa shape index (κ2) is 6.41. The lowest BCUT2D eigenvalue weighted by atomic mass is 10.2. The SMILES string of the molecule is CC(OC(=O)CN1C(=O)c2ccccc2S1(=O)=O)C(=O)N1CCNC1=O. The Morgan fingerprint density at radius 2 is 1.96 bits per heavy atom. The molecular formula is C15H15N3O7S. The lowest BCUT2D eigenvalue weighted by Gasteiger charge is -2.19. The van der Waals surface area contributed by atoms with Gasteiger partial charge < -0.3 is 10.1 Å². The van der Waals surface area contributed by atoms with E-state index in [1.807, 2.05) is 0 Å². The van der Waals surface area contributed by atoms with Gasteiger partial charge in [0.05, 0.1) is 5.56 Å². The molecule has 2 aliphatic heterocycles. The average Bonchev–Trinajstić information content (AvgIpc) is 3.10. The highest BCUT2D eigenvalue weighted by molar-refractivity contribution is 7.90. The van der Waals surface area contributed by atoms with Crippen LogP contribution in [0.4, 0.5) is 4.79 Å². The molecule has 1 fully saturated rings. The lowest BCUT2D eigenvalue weighted by molar-refractivity contribution is -0.157. The highest BCUT2D eigenvalue weighted by Gasteiger charge is 2.42. The van der Waals surface area contributed by atoms with Crippen LogP contribution in [0.3, 0.4) is 0 Å². The van der Waals surface area contributed by atoms with Gasteiger partial charge in [-0.15, -0.1) is 0 Å². The van der Waals surface area contributed by atoms with Crippen molar-refractivity contribution in [2.24, 2.45) is 0 Å². The van der Waals surface area contributed by atoms with Gasteiger partial charge in [-0.2, -0.15) is 0 Å². The number of benzene rings is 1. The normalized spacial score (nSPS) is 19.1. The molecule has 0 bridgehead atoms. The van der Waals surface area contributed by atoms with Gasteiger partial charge in [0, 0.05) is 13.1 Å². The Kier molecular flexibility index (Phi) is 4.40. The Morgan fingerprint density at radius 3 is 2.58 bits per heavy atom. The first kappa shape index (κ1) is 17.9. The van der Waals surface area contributed by atoms with Crippen LogP contribution in [0.1, 0.15) is 17.3 Å². The molecule has 3 rings (SSSR count). The number of carbonyl (C=O) groups excluding carboxylic acids is 4. The maximum atomic E-state index is 12.4. The summed E-state index contributed by atoms with van der Waals surface area (Å²) in [5.41, 5.74) is -0.0295. The quantitative estimate of drug-likeness (QED) is 0.684. The number of nitrogens with zero attached hydrogens (tertiary/aromatic N) is 2. The molecule has 1 saturated heterocycles. The molecule has 1 aromatic carbocycles. The summed E-state index contributed by atoms with van der Waals surface area (Å²) in [6.07, 6.45) is -1.30. The molecule has 138 valence electrons. The number of hydrogen-bond acceptors (Lipinski definition) is 7. The third kappa shape index (κ3) is 2.90. The van der Waals surface area contributed by atoms with Crippen LogP contribution in [0.15, 0.2) is 29.2 Å². The minimum absolute atomic E-state index is 0.0295. The predicted octanol–water partition coefficient (Wildman–Crippen LogP) is -0.685. The van der Waals surface area contributed by atoms with Crippen LogP contribution in [0.25, 0.3) is 0 Å². The molecule has 0 aromatic heterocycles. The number of rotatable bonds is 4. The van der Waals surface area contributed by atoms with Crippen molar-refractivity contribution in [1.29, 1.82) is 0 Å². The van der Waals surface area contributed by atoms with Gasteiger partial charge in [0.25, 0.3) is 21.8 Å². The fraction of sp³-hybridized carbons (Fsp3) is 0.333. The van der Waals surface area contributed by atoms with Crippen LogP contribution in [-0.2, 0) is 24.3 Å². The Balaban J connectivity index is 1.68. The molecule has 4 amide bonds. The van der Waals surface area contributed by atoms with E-state index in [1.165, 1.54) is 31.2 Å². The van der Waals surface area contributed by atoms with Crippen LogP contribution in [-0.4, -0.2) is 67.2 Å². The first-order valence-electron chi connectivity index (χ1n) is 7.68. The number of urea groups is 1. The van der Waals surface area contributed by atoms with E-state index in [9.17, 15) is 27.6 Å². The summed E-state index contributed by atoms with van der Waals surface area (Å²) in [6, 6.07) is 5.00. The summed E-state index contributed by atoms with van der Waals surface area (Å²) in [5, 5.41) is 2.44. The topological polar surface area (TPSA) is 130 Å². The van der Waals surface area contributed by atoms with Crippen LogP contribution in [0.2, 0.25) is 0 Å². The highest BCUT2D eigenvalue weighted by atomic mass is 32.2.